The summed E-state index contributed by atoms with van der Waals surface area (Å²) in [7, 11) is 4.75. The summed E-state index contributed by atoms with van der Waals surface area (Å²) in [6.07, 6.45) is 0. The summed E-state index contributed by atoms with van der Waals surface area (Å²) in [5.41, 5.74) is 1.54. The molecule has 0 aliphatic carbocycles. The Morgan fingerprint density at radius 3 is 2.57 bits per heavy atom. The minimum atomic E-state index is -0.360. The molecule has 116 valence electrons. The number of nitrogens with one attached hydrogen (secondary N) is 2. The van der Waals surface area contributed by atoms with Crippen molar-refractivity contribution in [2.24, 2.45) is 0 Å². The number of halogens is 1. The van der Waals surface area contributed by atoms with Crippen LogP contribution in [0.4, 0.5) is 4.79 Å². The van der Waals surface area contributed by atoms with Crippen molar-refractivity contribution in [3.05, 3.63) is 33.8 Å². The first-order valence-corrected chi connectivity index (χ1v) is 7.27. The van der Waals surface area contributed by atoms with Crippen molar-refractivity contribution in [2.45, 2.75) is 6.54 Å². The van der Waals surface area contributed by atoms with Gasteiger partial charge in [-0.1, -0.05) is 22.0 Å². The number of hydrogen-bond donors (Lipinski definition) is 2. The van der Waals surface area contributed by atoms with Crippen LogP contribution in [0.2, 0.25) is 0 Å². The lowest BCUT2D eigenvalue weighted by atomic mass is 10.1. The van der Waals surface area contributed by atoms with Crippen molar-refractivity contribution in [3.8, 4) is 0 Å². The first kappa shape index (κ1) is 17.5. The van der Waals surface area contributed by atoms with Gasteiger partial charge in [0.05, 0.1) is 12.7 Å². The smallest absolute Gasteiger partial charge is 0.337 e. The number of ether oxygens (including phenoxy) is 1. The minimum Gasteiger partial charge on any atom is -0.465 e. The predicted octanol–water partition coefficient (Wildman–Crippen LogP) is 1.60. The molecule has 1 rings (SSSR count). The van der Waals surface area contributed by atoms with Gasteiger partial charge in [0.25, 0.3) is 0 Å². The van der Waals surface area contributed by atoms with E-state index < -0.39 is 0 Å². The van der Waals surface area contributed by atoms with E-state index in [1.807, 2.05) is 6.07 Å². The molecular formula is C14H20BrN3O3. The molecule has 0 heterocycles. The lowest BCUT2D eigenvalue weighted by Crippen LogP contribution is -2.38. The lowest BCUT2D eigenvalue weighted by Gasteiger charge is -2.12. The van der Waals surface area contributed by atoms with Crippen molar-refractivity contribution >= 4 is 27.9 Å². The molecule has 0 atom stereocenters. The Balaban J connectivity index is 2.39. The zero-order valence-electron chi connectivity index (χ0n) is 12.4. The summed E-state index contributed by atoms with van der Waals surface area (Å²) in [5.74, 6) is -0.360. The average Bonchev–Trinajstić information content (AvgIpc) is 2.47. The Morgan fingerprint density at radius 2 is 2.00 bits per heavy atom. The highest BCUT2D eigenvalue weighted by molar-refractivity contribution is 9.10. The van der Waals surface area contributed by atoms with Gasteiger partial charge in [0.2, 0.25) is 0 Å². The van der Waals surface area contributed by atoms with E-state index in [-0.39, 0.29) is 12.0 Å². The molecule has 0 fully saturated rings. The van der Waals surface area contributed by atoms with Gasteiger partial charge in [0.1, 0.15) is 0 Å². The quantitative estimate of drug-likeness (QED) is 0.599. The van der Waals surface area contributed by atoms with Crippen molar-refractivity contribution in [1.29, 1.82) is 0 Å². The second-order valence-electron chi connectivity index (χ2n) is 4.60. The molecule has 0 saturated carbocycles. The molecule has 0 aliphatic heterocycles. The van der Waals surface area contributed by atoms with Crippen molar-refractivity contribution < 1.29 is 14.3 Å². The van der Waals surface area contributed by atoms with Crippen LogP contribution in [0.25, 0.3) is 0 Å². The van der Waals surface area contributed by atoms with Crippen LogP contribution in [-0.2, 0) is 11.3 Å². The van der Waals surface area contributed by atoms with E-state index in [2.05, 4.69) is 31.3 Å². The zero-order chi connectivity index (χ0) is 15.8. The fourth-order valence-electron chi connectivity index (χ4n) is 1.57. The van der Waals surface area contributed by atoms with Crippen LogP contribution in [0.3, 0.4) is 0 Å². The number of benzene rings is 1. The van der Waals surface area contributed by atoms with Gasteiger partial charge < -0.3 is 20.3 Å². The van der Waals surface area contributed by atoms with Crippen LogP contribution in [0.15, 0.2) is 22.7 Å². The van der Waals surface area contributed by atoms with Crippen LogP contribution < -0.4 is 10.6 Å². The second-order valence-corrected chi connectivity index (χ2v) is 5.46. The third-order valence-corrected chi connectivity index (χ3v) is 3.51. The maximum Gasteiger partial charge on any atom is 0.337 e. The number of urea groups is 1. The summed E-state index contributed by atoms with van der Waals surface area (Å²) in [6, 6.07) is 5.21. The van der Waals surface area contributed by atoms with Gasteiger partial charge in [-0.05, 0) is 17.7 Å². The Hall–Kier alpha value is -1.60. The van der Waals surface area contributed by atoms with Crippen LogP contribution >= 0.6 is 15.9 Å². The summed E-state index contributed by atoms with van der Waals surface area (Å²) < 4.78 is 5.51. The van der Waals surface area contributed by atoms with Crippen LogP contribution in [-0.4, -0.2) is 51.2 Å². The van der Waals surface area contributed by atoms with E-state index in [0.717, 1.165) is 10.0 Å². The first-order chi connectivity index (χ1) is 9.95. The average molecular weight is 358 g/mol. The molecule has 0 unspecified atom stereocenters. The molecule has 0 aromatic heterocycles. The van der Waals surface area contributed by atoms with E-state index in [0.29, 0.717) is 25.2 Å². The molecule has 0 bridgehead atoms. The normalized spacial score (nSPS) is 10.1. The molecule has 2 amide bonds. The fourth-order valence-corrected chi connectivity index (χ4v) is 2.09. The molecule has 0 saturated heterocycles. The molecule has 0 radical (unpaired) electrons. The van der Waals surface area contributed by atoms with Crippen LogP contribution in [0.1, 0.15) is 15.9 Å². The van der Waals surface area contributed by atoms with Gasteiger partial charge >= 0.3 is 12.0 Å². The maximum absolute atomic E-state index is 11.4. The SMILES string of the molecule is COC(=O)c1ccc(CNCCNC(=O)N(C)C)c(Br)c1. The fraction of sp³-hybridized carbons (Fsp3) is 0.429. The highest BCUT2D eigenvalue weighted by Gasteiger charge is 2.08. The van der Waals surface area contributed by atoms with Gasteiger partial charge in [0, 0.05) is 38.2 Å². The molecule has 7 heteroatoms. The van der Waals surface area contributed by atoms with Gasteiger partial charge in [-0.3, -0.25) is 0 Å². The lowest BCUT2D eigenvalue weighted by molar-refractivity contribution is 0.0600. The van der Waals surface area contributed by atoms with Gasteiger partial charge in [-0.15, -0.1) is 0 Å². The van der Waals surface area contributed by atoms with Gasteiger partial charge in [0.15, 0.2) is 0 Å². The number of rotatable bonds is 6. The predicted molar refractivity (Wildman–Crippen MR) is 84.3 cm³/mol. The van der Waals surface area contributed by atoms with Crippen molar-refractivity contribution in [1.82, 2.24) is 15.5 Å². The van der Waals surface area contributed by atoms with Crippen LogP contribution in [0, 0.1) is 0 Å². The number of nitrogens with zero attached hydrogens (tertiary/aromatic N) is 1. The Morgan fingerprint density at radius 1 is 1.29 bits per heavy atom. The van der Waals surface area contributed by atoms with E-state index in [1.54, 1.807) is 26.2 Å². The first-order valence-electron chi connectivity index (χ1n) is 6.48. The number of hydrogen-bond acceptors (Lipinski definition) is 4. The number of amides is 2. The summed E-state index contributed by atoms with van der Waals surface area (Å²) in [4.78, 5) is 24.2. The molecule has 2 N–H and O–H groups in total. The summed E-state index contributed by atoms with van der Waals surface area (Å²) >= 11 is 3.43. The highest BCUT2D eigenvalue weighted by atomic mass is 79.9. The van der Waals surface area contributed by atoms with E-state index in [1.165, 1.54) is 12.0 Å². The largest absolute Gasteiger partial charge is 0.465 e. The molecule has 0 aliphatic rings. The number of carbonyl (C=O) groups is 2. The van der Waals surface area contributed by atoms with Crippen molar-refractivity contribution in [2.75, 3.05) is 34.3 Å². The van der Waals surface area contributed by atoms with E-state index in [4.69, 9.17) is 0 Å². The van der Waals surface area contributed by atoms with Gasteiger partial charge in [-0.25, -0.2) is 9.59 Å². The second kappa shape index (κ2) is 8.63. The maximum atomic E-state index is 11.4. The summed E-state index contributed by atoms with van der Waals surface area (Å²) in [6.45, 7) is 1.85. The highest BCUT2D eigenvalue weighted by Crippen LogP contribution is 2.19. The third kappa shape index (κ3) is 5.73. The topological polar surface area (TPSA) is 70.7 Å². The molecular weight excluding hydrogens is 338 g/mol. The molecule has 1 aromatic carbocycles. The molecule has 0 spiro atoms. The van der Waals surface area contributed by atoms with Crippen LogP contribution in [0.5, 0.6) is 0 Å². The minimum absolute atomic E-state index is 0.111. The standard InChI is InChI=1S/C14H20BrN3O3/c1-18(2)14(20)17-7-6-16-9-11-5-4-10(8-12(11)15)13(19)21-3/h4-5,8,16H,6-7,9H2,1-3H3,(H,17,20). The monoisotopic (exact) mass is 357 g/mol. The Bertz CT molecular complexity index is 506. The van der Waals surface area contributed by atoms with Gasteiger partial charge in [-0.2, -0.15) is 0 Å². The third-order valence-electron chi connectivity index (χ3n) is 2.77. The molecule has 1 aromatic rings. The number of methoxy groups -OCH3 is 1. The van der Waals surface area contributed by atoms with Crippen molar-refractivity contribution in [3.63, 3.8) is 0 Å². The number of esters is 1. The molecule has 21 heavy (non-hydrogen) atoms. The van der Waals surface area contributed by atoms with E-state index in [9.17, 15) is 9.59 Å². The summed E-state index contributed by atoms with van der Waals surface area (Å²) in [5, 5.41) is 5.99. The number of carbonyl (C=O) groups excluding carboxylic acids is 2. The Labute approximate surface area is 133 Å². The Kier molecular flexibility index (Phi) is 7.18. The molecule has 6 nitrogen and oxygen atoms in total. The zero-order valence-corrected chi connectivity index (χ0v) is 14.0. The van der Waals surface area contributed by atoms with E-state index >= 15 is 0 Å².